The number of thiophene rings is 1. The molecule has 8 heteroatoms. The van der Waals surface area contributed by atoms with Crippen LogP contribution in [0.1, 0.15) is 28.8 Å². The van der Waals surface area contributed by atoms with Crippen LogP contribution in [0, 0.1) is 6.92 Å². The second-order valence-electron chi connectivity index (χ2n) is 6.76. The number of halogens is 2. The molecule has 5 nitrogen and oxygen atoms in total. The summed E-state index contributed by atoms with van der Waals surface area (Å²) in [6, 6.07) is 13.0. The normalized spacial score (nSPS) is 10.6. The summed E-state index contributed by atoms with van der Waals surface area (Å²) in [5, 5.41) is 5.82. The van der Waals surface area contributed by atoms with Crippen molar-refractivity contribution in [3.8, 4) is 16.9 Å². The van der Waals surface area contributed by atoms with Crippen LogP contribution in [0.15, 0.2) is 52.3 Å². The molecule has 1 heterocycles. The number of benzene rings is 2. The number of amides is 1. The van der Waals surface area contributed by atoms with Crippen molar-refractivity contribution in [3.05, 3.63) is 68.5 Å². The molecule has 162 valence electrons. The minimum atomic E-state index is -0.490. The molecule has 0 radical (unpaired) electrons. The smallest absolute Gasteiger partial charge is 0.341 e. The zero-order valence-electron chi connectivity index (χ0n) is 17.0. The van der Waals surface area contributed by atoms with E-state index in [1.165, 1.54) is 18.4 Å². The van der Waals surface area contributed by atoms with Gasteiger partial charge < -0.3 is 14.8 Å². The maximum Gasteiger partial charge on any atom is 0.341 e. The SMILES string of the molecule is COC(=O)c1c(-c2ccc(Br)cc2)csc1NC(=O)CCCOc1ccc(Cl)cc1C. The van der Waals surface area contributed by atoms with Gasteiger partial charge in [0.25, 0.3) is 0 Å². The van der Waals surface area contributed by atoms with Gasteiger partial charge in [-0.2, -0.15) is 0 Å². The standard InChI is InChI=1S/C23H21BrClNO4S/c1-14-12-17(25)9-10-19(14)30-11-3-4-20(27)26-22-21(23(28)29-2)18(13-31-22)15-5-7-16(24)8-6-15/h5-10,12-13H,3-4,11H2,1-2H3,(H,26,27). The molecule has 0 aliphatic heterocycles. The van der Waals surface area contributed by atoms with Crippen LogP contribution in [0.3, 0.4) is 0 Å². The number of ether oxygens (including phenoxy) is 2. The van der Waals surface area contributed by atoms with Crippen molar-refractivity contribution in [2.24, 2.45) is 0 Å². The summed E-state index contributed by atoms with van der Waals surface area (Å²) in [5.41, 5.74) is 2.89. The van der Waals surface area contributed by atoms with E-state index in [2.05, 4.69) is 21.2 Å². The molecular weight excluding hydrogens is 502 g/mol. The monoisotopic (exact) mass is 521 g/mol. The number of esters is 1. The summed E-state index contributed by atoms with van der Waals surface area (Å²) in [5.74, 6) is 0.0667. The quantitative estimate of drug-likeness (QED) is 0.263. The summed E-state index contributed by atoms with van der Waals surface area (Å²) in [6.45, 7) is 2.32. The molecular formula is C23H21BrClNO4S. The molecule has 2 aromatic carbocycles. The third-order valence-electron chi connectivity index (χ3n) is 4.53. The second kappa shape index (κ2) is 10.8. The number of aryl methyl sites for hydroxylation is 1. The molecule has 1 amide bonds. The van der Waals surface area contributed by atoms with Gasteiger partial charge in [-0.05, 0) is 54.8 Å². The number of methoxy groups -OCH3 is 1. The molecule has 1 N–H and O–H groups in total. The first-order chi connectivity index (χ1) is 14.9. The van der Waals surface area contributed by atoms with Gasteiger partial charge in [0.05, 0.1) is 13.7 Å². The van der Waals surface area contributed by atoms with Gasteiger partial charge in [0.15, 0.2) is 0 Å². The Morgan fingerprint density at radius 2 is 1.90 bits per heavy atom. The third kappa shape index (κ3) is 6.09. The summed E-state index contributed by atoms with van der Waals surface area (Å²) < 4.78 is 11.6. The van der Waals surface area contributed by atoms with E-state index in [1.807, 2.05) is 48.7 Å². The predicted molar refractivity (Wildman–Crippen MR) is 128 cm³/mol. The number of hydrogen-bond donors (Lipinski definition) is 1. The van der Waals surface area contributed by atoms with Crippen molar-refractivity contribution in [1.29, 1.82) is 0 Å². The van der Waals surface area contributed by atoms with Gasteiger partial charge in [0.2, 0.25) is 5.91 Å². The second-order valence-corrected chi connectivity index (χ2v) is 8.99. The summed E-state index contributed by atoms with van der Waals surface area (Å²) in [4.78, 5) is 24.9. The topological polar surface area (TPSA) is 64.6 Å². The van der Waals surface area contributed by atoms with E-state index < -0.39 is 5.97 Å². The van der Waals surface area contributed by atoms with Crippen LogP contribution in [0.4, 0.5) is 5.00 Å². The molecule has 0 saturated heterocycles. The third-order valence-corrected chi connectivity index (χ3v) is 6.19. The molecule has 0 aliphatic rings. The van der Waals surface area contributed by atoms with Gasteiger partial charge in [0.1, 0.15) is 16.3 Å². The highest BCUT2D eigenvalue weighted by atomic mass is 79.9. The first kappa shape index (κ1) is 23.3. The van der Waals surface area contributed by atoms with Crippen molar-refractivity contribution in [2.45, 2.75) is 19.8 Å². The number of carbonyl (C=O) groups is 2. The molecule has 0 bridgehead atoms. The Kier molecular flexibility index (Phi) is 8.12. The lowest BCUT2D eigenvalue weighted by Crippen LogP contribution is -2.15. The lowest BCUT2D eigenvalue weighted by Gasteiger charge is -2.10. The average molecular weight is 523 g/mol. The Balaban J connectivity index is 1.62. The largest absolute Gasteiger partial charge is 0.493 e. The molecule has 0 saturated carbocycles. The lowest BCUT2D eigenvalue weighted by molar-refractivity contribution is -0.116. The highest BCUT2D eigenvalue weighted by Gasteiger charge is 2.22. The Labute approximate surface area is 198 Å². The number of nitrogens with one attached hydrogen (secondary N) is 1. The Morgan fingerprint density at radius 1 is 1.16 bits per heavy atom. The summed E-state index contributed by atoms with van der Waals surface area (Å²) in [7, 11) is 1.33. The highest BCUT2D eigenvalue weighted by molar-refractivity contribution is 9.10. The van der Waals surface area contributed by atoms with Gasteiger partial charge in [-0.15, -0.1) is 11.3 Å². The van der Waals surface area contributed by atoms with Gasteiger partial charge in [-0.25, -0.2) is 4.79 Å². The fourth-order valence-electron chi connectivity index (χ4n) is 2.98. The van der Waals surface area contributed by atoms with Gasteiger partial charge in [-0.1, -0.05) is 39.7 Å². The fourth-order valence-corrected chi connectivity index (χ4v) is 4.44. The van der Waals surface area contributed by atoms with E-state index in [9.17, 15) is 9.59 Å². The van der Waals surface area contributed by atoms with Crippen molar-refractivity contribution < 1.29 is 19.1 Å². The van der Waals surface area contributed by atoms with E-state index in [1.54, 1.807) is 6.07 Å². The van der Waals surface area contributed by atoms with Crippen LogP contribution in [0.25, 0.3) is 11.1 Å². The average Bonchev–Trinajstić information content (AvgIpc) is 3.15. The predicted octanol–water partition coefficient (Wildman–Crippen LogP) is 6.72. The van der Waals surface area contributed by atoms with Crippen molar-refractivity contribution in [3.63, 3.8) is 0 Å². The molecule has 0 unspecified atom stereocenters. The first-order valence-corrected chi connectivity index (χ1v) is 11.6. The fraction of sp³-hybridized carbons (Fsp3) is 0.217. The highest BCUT2D eigenvalue weighted by Crippen LogP contribution is 2.36. The van der Waals surface area contributed by atoms with Crippen LogP contribution in [0.5, 0.6) is 5.75 Å². The first-order valence-electron chi connectivity index (χ1n) is 9.53. The number of hydrogen-bond acceptors (Lipinski definition) is 5. The van der Waals surface area contributed by atoms with Gasteiger partial charge in [-0.3, -0.25) is 4.79 Å². The van der Waals surface area contributed by atoms with Gasteiger partial charge >= 0.3 is 5.97 Å². The molecule has 0 spiro atoms. The van der Waals surface area contributed by atoms with Crippen molar-refractivity contribution >= 4 is 55.7 Å². The molecule has 1 aromatic heterocycles. The zero-order valence-corrected chi connectivity index (χ0v) is 20.2. The van der Waals surface area contributed by atoms with Crippen LogP contribution >= 0.6 is 38.9 Å². The van der Waals surface area contributed by atoms with Crippen LogP contribution < -0.4 is 10.1 Å². The zero-order chi connectivity index (χ0) is 22.4. The number of anilines is 1. The van der Waals surface area contributed by atoms with Crippen LogP contribution in [0.2, 0.25) is 5.02 Å². The summed E-state index contributed by atoms with van der Waals surface area (Å²) in [6.07, 6.45) is 0.797. The Hall–Kier alpha value is -2.35. The van der Waals surface area contributed by atoms with Gasteiger partial charge in [0, 0.05) is 26.9 Å². The lowest BCUT2D eigenvalue weighted by atomic mass is 10.0. The molecule has 3 rings (SSSR count). The molecule has 3 aromatic rings. The van der Waals surface area contributed by atoms with E-state index in [4.69, 9.17) is 21.1 Å². The Bertz CT molecular complexity index is 1080. The number of carbonyl (C=O) groups excluding carboxylic acids is 2. The minimum absolute atomic E-state index is 0.189. The molecule has 0 aliphatic carbocycles. The van der Waals surface area contributed by atoms with E-state index in [0.717, 1.165) is 26.9 Å². The van der Waals surface area contributed by atoms with E-state index in [-0.39, 0.29) is 12.3 Å². The molecule has 0 atom stereocenters. The summed E-state index contributed by atoms with van der Waals surface area (Å²) >= 11 is 10.7. The molecule has 0 fully saturated rings. The van der Waals surface area contributed by atoms with Crippen LogP contribution in [-0.2, 0) is 9.53 Å². The minimum Gasteiger partial charge on any atom is -0.493 e. The Morgan fingerprint density at radius 3 is 2.58 bits per heavy atom. The van der Waals surface area contributed by atoms with E-state index in [0.29, 0.717) is 28.6 Å². The van der Waals surface area contributed by atoms with Crippen molar-refractivity contribution in [1.82, 2.24) is 0 Å². The molecule has 31 heavy (non-hydrogen) atoms. The van der Waals surface area contributed by atoms with Crippen molar-refractivity contribution in [2.75, 3.05) is 19.0 Å². The van der Waals surface area contributed by atoms with Crippen LogP contribution in [-0.4, -0.2) is 25.6 Å². The van der Waals surface area contributed by atoms with E-state index >= 15 is 0 Å². The maximum absolute atomic E-state index is 12.5. The maximum atomic E-state index is 12.5. The number of rotatable bonds is 8.